The van der Waals surface area contributed by atoms with Crippen LogP contribution in [0.4, 0.5) is 0 Å². The number of halogens is 1. The third kappa shape index (κ3) is 7.36. The lowest BCUT2D eigenvalue weighted by Gasteiger charge is -2.12. The van der Waals surface area contributed by atoms with Crippen LogP contribution in [0.25, 0.3) is 0 Å². The maximum Gasteiger partial charge on any atom is 0.226 e. The predicted octanol–water partition coefficient (Wildman–Crippen LogP) is 1.34. The van der Waals surface area contributed by atoms with Gasteiger partial charge in [0.2, 0.25) is 5.89 Å². The lowest BCUT2D eigenvalue weighted by atomic mass is 10.3. The zero-order valence-electron chi connectivity index (χ0n) is 15.0. The fourth-order valence-electron chi connectivity index (χ4n) is 2.24. The largest absolute Gasteiger partial charge is 0.357 e. The Kier molecular flexibility index (Phi) is 10.0. The lowest BCUT2D eigenvalue weighted by Crippen LogP contribution is -2.39. The molecule has 0 aliphatic heterocycles. The summed E-state index contributed by atoms with van der Waals surface area (Å²) in [6.07, 6.45) is 4.24. The third-order valence-corrected chi connectivity index (χ3v) is 3.39. The number of nitrogens with zero attached hydrogens (tertiary/aromatic N) is 6. The van der Waals surface area contributed by atoms with Gasteiger partial charge in [-0.05, 0) is 20.3 Å². The summed E-state index contributed by atoms with van der Waals surface area (Å²) in [7, 11) is 0. The first kappa shape index (κ1) is 21.3. The molecule has 2 heterocycles. The van der Waals surface area contributed by atoms with Crippen LogP contribution in [0.15, 0.2) is 15.8 Å². The van der Waals surface area contributed by atoms with Crippen molar-refractivity contribution in [1.29, 1.82) is 0 Å². The molecule has 10 heteroatoms. The van der Waals surface area contributed by atoms with Crippen LogP contribution < -0.4 is 10.6 Å². The Morgan fingerprint density at radius 3 is 2.84 bits per heavy atom. The fraction of sp³-hybridized carbons (Fsp3) is 0.667. The Morgan fingerprint density at radius 1 is 1.32 bits per heavy atom. The molecule has 0 aliphatic carbocycles. The highest BCUT2D eigenvalue weighted by molar-refractivity contribution is 14.0. The van der Waals surface area contributed by atoms with Crippen LogP contribution in [0.2, 0.25) is 0 Å². The van der Waals surface area contributed by atoms with Gasteiger partial charge in [-0.3, -0.25) is 4.99 Å². The molecule has 0 amide bonds. The number of rotatable bonds is 9. The number of aliphatic imine (C=N–C) groups is 1. The predicted molar refractivity (Wildman–Crippen MR) is 106 cm³/mol. The number of nitrogens with one attached hydrogen (secondary N) is 2. The van der Waals surface area contributed by atoms with E-state index in [2.05, 4.69) is 47.5 Å². The standard InChI is InChI=1S/C15H26N8O.HI/c1-4-13-21-19-11-23(13)10-9-18-15(16-5-2)17-8-6-7-14-20-12(3)22-24-14;/h11H,4-10H2,1-3H3,(H2,16,17,18);1H. The normalized spacial score (nSPS) is 11.2. The van der Waals surface area contributed by atoms with Gasteiger partial charge in [-0.2, -0.15) is 4.98 Å². The molecule has 0 bridgehead atoms. The molecule has 140 valence electrons. The molecule has 0 saturated heterocycles. The summed E-state index contributed by atoms with van der Waals surface area (Å²) in [6, 6.07) is 0. The van der Waals surface area contributed by atoms with E-state index < -0.39 is 0 Å². The first-order valence-electron chi connectivity index (χ1n) is 8.41. The van der Waals surface area contributed by atoms with Crippen molar-refractivity contribution in [2.24, 2.45) is 4.99 Å². The highest BCUT2D eigenvalue weighted by Gasteiger charge is 2.03. The van der Waals surface area contributed by atoms with Crippen molar-refractivity contribution < 1.29 is 4.52 Å². The lowest BCUT2D eigenvalue weighted by molar-refractivity contribution is 0.372. The summed E-state index contributed by atoms with van der Waals surface area (Å²) in [5.74, 6) is 3.14. The van der Waals surface area contributed by atoms with Crippen molar-refractivity contribution in [3.05, 3.63) is 23.9 Å². The van der Waals surface area contributed by atoms with Gasteiger partial charge < -0.3 is 19.7 Å². The quantitative estimate of drug-likeness (QED) is 0.251. The molecule has 2 N–H and O–H groups in total. The molecule has 0 saturated carbocycles. The van der Waals surface area contributed by atoms with E-state index >= 15 is 0 Å². The molecule has 2 aromatic heterocycles. The topological polar surface area (TPSA) is 106 Å². The van der Waals surface area contributed by atoms with E-state index in [4.69, 9.17) is 4.52 Å². The second-order valence-electron chi connectivity index (χ2n) is 5.32. The van der Waals surface area contributed by atoms with Crippen LogP contribution in [0, 0.1) is 6.92 Å². The maximum atomic E-state index is 5.09. The zero-order valence-corrected chi connectivity index (χ0v) is 17.4. The summed E-state index contributed by atoms with van der Waals surface area (Å²) >= 11 is 0. The van der Waals surface area contributed by atoms with Crippen LogP contribution in [-0.4, -0.2) is 50.5 Å². The summed E-state index contributed by atoms with van der Waals surface area (Å²) in [6.45, 7) is 9.03. The first-order chi connectivity index (χ1) is 11.7. The molecule has 0 radical (unpaired) electrons. The van der Waals surface area contributed by atoms with Crippen molar-refractivity contribution in [3.8, 4) is 0 Å². The summed E-state index contributed by atoms with van der Waals surface area (Å²) < 4.78 is 7.14. The molecule has 0 fully saturated rings. The Bertz CT molecular complexity index is 639. The zero-order chi connectivity index (χ0) is 17.2. The van der Waals surface area contributed by atoms with E-state index in [1.54, 1.807) is 6.33 Å². The Hall–Kier alpha value is -1.72. The van der Waals surface area contributed by atoms with Gasteiger partial charge in [0.15, 0.2) is 11.8 Å². The highest BCUT2D eigenvalue weighted by Crippen LogP contribution is 2.00. The minimum absolute atomic E-state index is 0. The van der Waals surface area contributed by atoms with Crippen molar-refractivity contribution in [1.82, 2.24) is 35.5 Å². The van der Waals surface area contributed by atoms with E-state index in [1.807, 2.05) is 13.8 Å². The molecule has 9 nitrogen and oxygen atoms in total. The van der Waals surface area contributed by atoms with E-state index in [0.29, 0.717) is 18.3 Å². The molecule has 0 atom stereocenters. The molecular formula is C15H27IN8O. The molecule has 2 aromatic rings. The molecule has 0 aromatic carbocycles. The molecule has 0 spiro atoms. The Labute approximate surface area is 165 Å². The van der Waals surface area contributed by atoms with Crippen molar-refractivity contribution in [3.63, 3.8) is 0 Å². The average Bonchev–Trinajstić information content (AvgIpc) is 3.20. The summed E-state index contributed by atoms with van der Waals surface area (Å²) in [4.78, 5) is 8.75. The molecule has 0 aliphatic rings. The SMILES string of the molecule is CCNC(=NCCCc1nc(C)no1)NCCn1cnnc1CC.I. The second-order valence-corrected chi connectivity index (χ2v) is 5.32. The molecule has 25 heavy (non-hydrogen) atoms. The number of hydrogen-bond donors (Lipinski definition) is 2. The summed E-state index contributed by atoms with van der Waals surface area (Å²) in [5, 5.41) is 18.4. The van der Waals surface area contributed by atoms with Crippen molar-refractivity contribution in [2.45, 2.75) is 46.6 Å². The number of hydrogen-bond acceptors (Lipinski definition) is 6. The third-order valence-electron chi connectivity index (χ3n) is 3.39. The second kappa shape index (κ2) is 11.8. The number of aryl methyl sites for hydroxylation is 3. The fourth-order valence-corrected chi connectivity index (χ4v) is 2.24. The smallest absolute Gasteiger partial charge is 0.226 e. The van der Waals surface area contributed by atoms with E-state index in [9.17, 15) is 0 Å². The first-order valence-corrected chi connectivity index (χ1v) is 8.41. The van der Waals surface area contributed by atoms with Gasteiger partial charge in [-0.1, -0.05) is 12.1 Å². The minimum Gasteiger partial charge on any atom is -0.357 e. The van der Waals surface area contributed by atoms with Gasteiger partial charge in [0.1, 0.15) is 12.2 Å². The van der Waals surface area contributed by atoms with Crippen molar-refractivity contribution in [2.75, 3.05) is 19.6 Å². The average molecular weight is 462 g/mol. The van der Waals surface area contributed by atoms with Gasteiger partial charge in [-0.25, -0.2) is 0 Å². The van der Waals surface area contributed by atoms with E-state index in [-0.39, 0.29) is 24.0 Å². The van der Waals surface area contributed by atoms with Gasteiger partial charge in [-0.15, -0.1) is 34.2 Å². The van der Waals surface area contributed by atoms with Gasteiger partial charge in [0.05, 0.1) is 0 Å². The molecule has 0 unspecified atom stereocenters. The van der Waals surface area contributed by atoms with Crippen molar-refractivity contribution >= 4 is 29.9 Å². The number of guanidine groups is 1. The molecule has 2 rings (SSSR count). The maximum absolute atomic E-state index is 5.09. The van der Waals surface area contributed by atoms with E-state index in [0.717, 1.165) is 50.7 Å². The van der Waals surface area contributed by atoms with Crippen LogP contribution in [-0.2, 0) is 19.4 Å². The molecular weight excluding hydrogens is 435 g/mol. The van der Waals surface area contributed by atoms with E-state index in [1.165, 1.54) is 0 Å². The van der Waals surface area contributed by atoms with Gasteiger partial charge in [0, 0.05) is 39.0 Å². The Balaban J connectivity index is 0.00000312. The van der Waals surface area contributed by atoms with Crippen LogP contribution in [0.1, 0.15) is 37.8 Å². The number of aromatic nitrogens is 5. The summed E-state index contributed by atoms with van der Waals surface area (Å²) in [5.41, 5.74) is 0. The monoisotopic (exact) mass is 462 g/mol. The highest BCUT2D eigenvalue weighted by atomic mass is 127. The minimum atomic E-state index is 0. The van der Waals surface area contributed by atoms with Crippen LogP contribution >= 0.6 is 24.0 Å². The van der Waals surface area contributed by atoms with Crippen LogP contribution in [0.3, 0.4) is 0 Å². The van der Waals surface area contributed by atoms with Crippen LogP contribution in [0.5, 0.6) is 0 Å². The Morgan fingerprint density at radius 2 is 2.16 bits per heavy atom. The van der Waals surface area contributed by atoms with Gasteiger partial charge >= 0.3 is 0 Å². The van der Waals surface area contributed by atoms with Gasteiger partial charge in [0.25, 0.3) is 0 Å².